The van der Waals surface area contributed by atoms with Gasteiger partial charge in [-0.3, -0.25) is 4.79 Å². The van der Waals surface area contributed by atoms with E-state index >= 15 is 0 Å². The first-order valence-electron chi connectivity index (χ1n) is 9.54. The fourth-order valence-electron chi connectivity index (χ4n) is 3.26. The third-order valence-corrected chi connectivity index (χ3v) is 4.96. The number of carbonyl (C=O) groups is 1. The predicted octanol–water partition coefficient (Wildman–Crippen LogP) is 3.50. The van der Waals surface area contributed by atoms with Gasteiger partial charge in [0.25, 0.3) is 5.91 Å². The number of aromatic nitrogens is 2. The number of hydrogen-bond acceptors (Lipinski definition) is 5. The van der Waals surface area contributed by atoms with Crippen LogP contribution in [0.15, 0.2) is 60.9 Å². The van der Waals surface area contributed by atoms with Crippen LogP contribution in [0.25, 0.3) is 0 Å². The molecule has 148 valence electrons. The number of carbonyl (C=O) groups excluding carboxylic acids is 1. The molecule has 0 radical (unpaired) electrons. The van der Waals surface area contributed by atoms with Gasteiger partial charge in [0.05, 0.1) is 5.56 Å². The van der Waals surface area contributed by atoms with Crippen LogP contribution in [0.4, 0.5) is 21.7 Å². The molecule has 0 spiro atoms. The van der Waals surface area contributed by atoms with Gasteiger partial charge in [-0.1, -0.05) is 17.7 Å². The van der Waals surface area contributed by atoms with E-state index in [-0.39, 0.29) is 11.7 Å². The molecule has 1 aliphatic rings. The highest BCUT2D eigenvalue weighted by Crippen LogP contribution is 2.19. The number of amides is 1. The molecule has 0 aliphatic carbocycles. The number of hydrogen-bond donors (Lipinski definition) is 1. The van der Waals surface area contributed by atoms with Gasteiger partial charge < -0.3 is 15.1 Å². The Balaban J connectivity index is 1.35. The molecule has 1 N–H and O–H groups in total. The maximum Gasteiger partial charge on any atom is 0.258 e. The maximum atomic E-state index is 13.1. The summed E-state index contributed by atoms with van der Waals surface area (Å²) in [6.45, 7) is 5.10. The molecule has 0 atom stereocenters. The van der Waals surface area contributed by atoms with Gasteiger partial charge in [-0.15, -0.1) is 0 Å². The van der Waals surface area contributed by atoms with Crippen LogP contribution in [-0.2, 0) is 0 Å². The monoisotopic (exact) mass is 391 g/mol. The van der Waals surface area contributed by atoms with E-state index < -0.39 is 0 Å². The van der Waals surface area contributed by atoms with Crippen molar-refractivity contribution in [2.75, 3.05) is 41.3 Å². The van der Waals surface area contributed by atoms with Crippen molar-refractivity contribution in [2.24, 2.45) is 0 Å². The lowest BCUT2D eigenvalue weighted by atomic mass is 10.2. The summed E-state index contributed by atoms with van der Waals surface area (Å²) in [4.78, 5) is 25.4. The molecule has 1 aromatic heterocycles. The topological polar surface area (TPSA) is 61.4 Å². The summed E-state index contributed by atoms with van der Waals surface area (Å²) in [6.07, 6.45) is 3.11. The lowest BCUT2D eigenvalue weighted by Gasteiger charge is -2.36. The van der Waals surface area contributed by atoms with Crippen LogP contribution in [0.2, 0.25) is 0 Å². The fraction of sp³-hybridized carbons (Fsp3) is 0.227. The number of piperazine rings is 1. The largest absolute Gasteiger partial charge is 0.368 e. The van der Waals surface area contributed by atoms with E-state index in [0.29, 0.717) is 11.5 Å². The molecular formula is C22H22FN5O. The Kier molecular flexibility index (Phi) is 5.37. The highest BCUT2D eigenvalue weighted by molar-refractivity contribution is 6.03. The van der Waals surface area contributed by atoms with E-state index in [0.717, 1.165) is 43.1 Å². The van der Waals surface area contributed by atoms with Crippen LogP contribution in [0.3, 0.4) is 0 Å². The molecule has 29 heavy (non-hydrogen) atoms. The summed E-state index contributed by atoms with van der Waals surface area (Å²) in [6, 6.07) is 14.2. The second-order valence-electron chi connectivity index (χ2n) is 7.04. The molecule has 2 aromatic carbocycles. The first-order valence-corrected chi connectivity index (χ1v) is 9.54. The number of nitrogens with one attached hydrogen (secondary N) is 1. The Morgan fingerprint density at radius 3 is 2.10 bits per heavy atom. The minimum absolute atomic E-state index is 0.229. The number of aryl methyl sites for hydroxylation is 1. The van der Waals surface area contributed by atoms with E-state index in [2.05, 4.69) is 25.1 Å². The van der Waals surface area contributed by atoms with Crippen molar-refractivity contribution in [3.63, 3.8) is 0 Å². The molecule has 6 nitrogen and oxygen atoms in total. The van der Waals surface area contributed by atoms with Crippen LogP contribution in [0, 0.1) is 12.7 Å². The number of benzene rings is 2. The van der Waals surface area contributed by atoms with Crippen LogP contribution in [0.5, 0.6) is 0 Å². The van der Waals surface area contributed by atoms with Crippen molar-refractivity contribution in [3.05, 3.63) is 77.9 Å². The van der Waals surface area contributed by atoms with E-state index in [9.17, 15) is 9.18 Å². The third kappa shape index (κ3) is 4.51. The third-order valence-electron chi connectivity index (χ3n) is 4.96. The Morgan fingerprint density at radius 1 is 0.897 bits per heavy atom. The Morgan fingerprint density at radius 2 is 1.48 bits per heavy atom. The predicted molar refractivity (Wildman–Crippen MR) is 112 cm³/mol. The molecule has 4 rings (SSSR count). The van der Waals surface area contributed by atoms with Crippen molar-refractivity contribution < 1.29 is 9.18 Å². The SMILES string of the molecule is Cc1ccc(NC(=O)c2cnc(N3CCN(c4ccc(F)cc4)CC3)nc2)cc1. The maximum absolute atomic E-state index is 13.1. The highest BCUT2D eigenvalue weighted by atomic mass is 19.1. The molecule has 2 heterocycles. The van der Waals surface area contributed by atoms with Crippen molar-refractivity contribution >= 4 is 23.2 Å². The second kappa shape index (κ2) is 8.26. The molecular weight excluding hydrogens is 369 g/mol. The summed E-state index contributed by atoms with van der Waals surface area (Å²) in [7, 11) is 0. The van der Waals surface area contributed by atoms with E-state index in [1.807, 2.05) is 31.2 Å². The average molecular weight is 391 g/mol. The molecule has 0 saturated carbocycles. The van der Waals surface area contributed by atoms with Crippen LogP contribution in [-0.4, -0.2) is 42.1 Å². The zero-order valence-electron chi connectivity index (χ0n) is 16.2. The number of halogens is 1. The standard InChI is InChI=1S/C22H22FN5O/c1-16-2-6-19(7-3-16)26-21(29)17-14-24-22(25-15-17)28-12-10-27(11-13-28)20-8-4-18(23)5-9-20/h2-9,14-15H,10-13H2,1H3,(H,26,29). The van der Waals surface area contributed by atoms with Gasteiger partial charge in [-0.2, -0.15) is 0 Å². The van der Waals surface area contributed by atoms with E-state index in [4.69, 9.17) is 0 Å². The Hall–Kier alpha value is -3.48. The normalized spacial score (nSPS) is 14.0. The smallest absolute Gasteiger partial charge is 0.258 e. The molecule has 1 amide bonds. The number of rotatable bonds is 4. The molecule has 1 aliphatic heterocycles. The number of anilines is 3. The van der Waals surface area contributed by atoms with Gasteiger partial charge in [0.15, 0.2) is 0 Å². The Labute approximate surface area is 169 Å². The van der Waals surface area contributed by atoms with Crippen molar-refractivity contribution in [3.8, 4) is 0 Å². The van der Waals surface area contributed by atoms with Gasteiger partial charge >= 0.3 is 0 Å². The zero-order valence-corrected chi connectivity index (χ0v) is 16.2. The molecule has 3 aromatic rings. The van der Waals surface area contributed by atoms with Crippen LogP contribution in [0.1, 0.15) is 15.9 Å². The van der Waals surface area contributed by atoms with Gasteiger partial charge in [0.1, 0.15) is 5.82 Å². The first kappa shape index (κ1) is 18.9. The summed E-state index contributed by atoms with van der Waals surface area (Å²) < 4.78 is 13.1. The molecule has 0 bridgehead atoms. The quantitative estimate of drug-likeness (QED) is 0.738. The molecule has 0 unspecified atom stereocenters. The van der Waals surface area contributed by atoms with E-state index in [1.54, 1.807) is 24.5 Å². The first-order chi connectivity index (χ1) is 14.1. The lowest BCUT2D eigenvalue weighted by Crippen LogP contribution is -2.47. The zero-order chi connectivity index (χ0) is 20.2. The second-order valence-corrected chi connectivity index (χ2v) is 7.04. The van der Waals surface area contributed by atoms with Gasteiger partial charge in [0, 0.05) is 49.9 Å². The van der Waals surface area contributed by atoms with Crippen molar-refractivity contribution in [1.29, 1.82) is 0 Å². The minimum atomic E-state index is -0.235. The number of nitrogens with zero attached hydrogens (tertiary/aromatic N) is 4. The summed E-state index contributed by atoms with van der Waals surface area (Å²) in [5.74, 6) is 0.143. The average Bonchev–Trinajstić information content (AvgIpc) is 2.76. The molecule has 1 fully saturated rings. The van der Waals surface area contributed by atoms with Gasteiger partial charge in [0.2, 0.25) is 5.95 Å². The van der Waals surface area contributed by atoms with Gasteiger partial charge in [-0.25, -0.2) is 14.4 Å². The van der Waals surface area contributed by atoms with Crippen molar-refractivity contribution in [1.82, 2.24) is 9.97 Å². The van der Waals surface area contributed by atoms with Crippen LogP contribution < -0.4 is 15.1 Å². The molecule has 1 saturated heterocycles. The van der Waals surface area contributed by atoms with Crippen LogP contribution >= 0.6 is 0 Å². The summed E-state index contributed by atoms with van der Waals surface area (Å²) in [5.41, 5.74) is 3.30. The summed E-state index contributed by atoms with van der Waals surface area (Å²) >= 11 is 0. The lowest BCUT2D eigenvalue weighted by molar-refractivity contribution is 0.102. The van der Waals surface area contributed by atoms with E-state index in [1.165, 1.54) is 12.1 Å². The molecule has 7 heteroatoms. The summed E-state index contributed by atoms with van der Waals surface area (Å²) in [5, 5.41) is 2.85. The van der Waals surface area contributed by atoms with Gasteiger partial charge in [-0.05, 0) is 43.3 Å². The minimum Gasteiger partial charge on any atom is -0.368 e. The van der Waals surface area contributed by atoms with Crippen molar-refractivity contribution in [2.45, 2.75) is 6.92 Å². The fourth-order valence-corrected chi connectivity index (χ4v) is 3.26. The Bertz CT molecular complexity index is 966. The highest BCUT2D eigenvalue weighted by Gasteiger charge is 2.19.